The average molecular weight is 324 g/mol. The predicted octanol–water partition coefficient (Wildman–Crippen LogP) is -1.61. The van der Waals surface area contributed by atoms with Crippen LogP contribution in [0.2, 0.25) is 0 Å². The lowest BCUT2D eigenvalue weighted by atomic mass is 10.3. The molecule has 114 valence electrons. The van der Waals surface area contributed by atoms with Gasteiger partial charge in [-0.1, -0.05) is 6.92 Å². The molecule has 4 N–H and O–H groups in total. The first kappa shape index (κ1) is 16.6. The third kappa shape index (κ3) is 4.28. The SMILES string of the molecule is CCc1[nH]nc(C(=O)NCCS(C)(=O)=O)c1S(N)(=O)=O. The average Bonchev–Trinajstić information content (AvgIpc) is 2.70. The number of carbonyl (C=O) groups excluding carboxylic acids is 1. The Hall–Kier alpha value is -1.46. The molecule has 11 heteroatoms. The number of sulfonamides is 1. The number of primary sulfonamides is 1. The molecule has 0 aliphatic heterocycles. The van der Waals surface area contributed by atoms with Crippen molar-refractivity contribution >= 4 is 25.8 Å². The highest BCUT2D eigenvalue weighted by Gasteiger charge is 2.26. The third-order valence-electron chi connectivity index (χ3n) is 2.40. The van der Waals surface area contributed by atoms with E-state index in [2.05, 4.69) is 15.5 Å². The van der Waals surface area contributed by atoms with Crippen molar-refractivity contribution in [3.63, 3.8) is 0 Å². The van der Waals surface area contributed by atoms with Gasteiger partial charge >= 0.3 is 0 Å². The van der Waals surface area contributed by atoms with Crippen molar-refractivity contribution in [1.82, 2.24) is 15.5 Å². The Bertz CT molecular complexity index is 705. The van der Waals surface area contributed by atoms with Crippen LogP contribution in [0.4, 0.5) is 0 Å². The summed E-state index contributed by atoms with van der Waals surface area (Å²) >= 11 is 0. The second-order valence-corrected chi connectivity index (χ2v) is 7.92. The lowest BCUT2D eigenvalue weighted by molar-refractivity contribution is 0.0948. The van der Waals surface area contributed by atoms with Crippen LogP contribution in [-0.2, 0) is 26.3 Å². The largest absolute Gasteiger partial charge is 0.350 e. The fraction of sp³-hybridized carbons (Fsp3) is 0.556. The quantitative estimate of drug-likeness (QED) is 0.572. The van der Waals surface area contributed by atoms with E-state index in [4.69, 9.17) is 5.14 Å². The van der Waals surface area contributed by atoms with E-state index in [-0.39, 0.29) is 28.6 Å². The summed E-state index contributed by atoms with van der Waals surface area (Å²) < 4.78 is 44.8. The number of nitrogens with two attached hydrogens (primary N) is 1. The van der Waals surface area contributed by atoms with Crippen molar-refractivity contribution in [2.75, 3.05) is 18.6 Å². The van der Waals surface area contributed by atoms with Gasteiger partial charge in [0.15, 0.2) is 5.69 Å². The summed E-state index contributed by atoms with van der Waals surface area (Å²) in [5.74, 6) is -1.05. The Morgan fingerprint density at radius 2 is 1.95 bits per heavy atom. The van der Waals surface area contributed by atoms with Crippen LogP contribution in [0.3, 0.4) is 0 Å². The summed E-state index contributed by atoms with van der Waals surface area (Å²) in [6, 6.07) is 0. The standard InChI is InChI=1S/C9H16N4O5S2/c1-3-6-8(20(10,17)18)7(13-12-6)9(14)11-4-5-19(2,15)16/h3-5H2,1-2H3,(H,11,14)(H,12,13)(H2,10,17,18). The van der Waals surface area contributed by atoms with Crippen molar-refractivity contribution in [1.29, 1.82) is 0 Å². The second-order valence-electron chi connectivity index (χ2n) is 4.16. The number of nitrogens with one attached hydrogen (secondary N) is 2. The minimum absolute atomic E-state index is 0.143. The number of carbonyl (C=O) groups is 1. The number of aryl methyl sites for hydroxylation is 1. The maximum atomic E-state index is 11.8. The van der Waals surface area contributed by atoms with Gasteiger partial charge in [-0.2, -0.15) is 5.10 Å². The fourth-order valence-electron chi connectivity index (χ4n) is 1.50. The zero-order valence-electron chi connectivity index (χ0n) is 11.0. The molecule has 0 spiro atoms. The van der Waals surface area contributed by atoms with Gasteiger partial charge in [0.2, 0.25) is 10.0 Å². The van der Waals surface area contributed by atoms with Crippen molar-refractivity contribution in [2.24, 2.45) is 5.14 Å². The maximum Gasteiger partial charge on any atom is 0.273 e. The van der Waals surface area contributed by atoms with Gasteiger partial charge in [-0.15, -0.1) is 0 Å². The van der Waals surface area contributed by atoms with E-state index in [1.54, 1.807) is 6.92 Å². The smallest absolute Gasteiger partial charge is 0.273 e. The number of amides is 1. The summed E-state index contributed by atoms with van der Waals surface area (Å²) in [5.41, 5.74) is -0.140. The van der Waals surface area contributed by atoms with Gasteiger partial charge < -0.3 is 5.32 Å². The zero-order chi connectivity index (χ0) is 15.6. The molecule has 0 saturated heterocycles. The first-order valence-electron chi connectivity index (χ1n) is 5.62. The topological polar surface area (TPSA) is 152 Å². The number of hydrogen-bond acceptors (Lipinski definition) is 6. The summed E-state index contributed by atoms with van der Waals surface area (Å²) in [4.78, 5) is 11.5. The molecule has 0 aliphatic carbocycles. The maximum absolute atomic E-state index is 11.8. The van der Waals surface area contributed by atoms with Crippen LogP contribution < -0.4 is 10.5 Å². The molecule has 1 heterocycles. The van der Waals surface area contributed by atoms with Gasteiger partial charge in [0, 0.05) is 12.8 Å². The molecule has 0 fully saturated rings. The normalized spacial score (nSPS) is 12.3. The lowest BCUT2D eigenvalue weighted by Crippen LogP contribution is -2.30. The number of H-pyrrole nitrogens is 1. The van der Waals surface area contributed by atoms with Gasteiger partial charge in [0.1, 0.15) is 14.7 Å². The van der Waals surface area contributed by atoms with E-state index in [1.807, 2.05) is 0 Å². The van der Waals surface area contributed by atoms with E-state index in [0.717, 1.165) is 6.26 Å². The lowest BCUT2D eigenvalue weighted by Gasteiger charge is -2.04. The summed E-state index contributed by atoms with van der Waals surface area (Å²) in [6.07, 6.45) is 1.33. The zero-order valence-corrected chi connectivity index (χ0v) is 12.6. The summed E-state index contributed by atoms with van der Waals surface area (Å²) in [5, 5.41) is 13.4. The molecule has 9 nitrogen and oxygen atoms in total. The minimum atomic E-state index is -4.10. The molecule has 1 aromatic rings. The van der Waals surface area contributed by atoms with Gasteiger partial charge in [0.05, 0.1) is 11.4 Å². The van der Waals surface area contributed by atoms with E-state index in [0.29, 0.717) is 6.42 Å². The van der Waals surface area contributed by atoms with Crippen molar-refractivity contribution < 1.29 is 21.6 Å². The van der Waals surface area contributed by atoms with Crippen LogP contribution in [0, 0.1) is 0 Å². The van der Waals surface area contributed by atoms with Gasteiger partial charge in [0.25, 0.3) is 5.91 Å². The van der Waals surface area contributed by atoms with Crippen molar-refractivity contribution in [3.05, 3.63) is 11.4 Å². The monoisotopic (exact) mass is 324 g/mol. The highest BCUT2D eigenvalue weighted by atomic mass is 32.2. The first-order valence-corrected chi connectivity index (χ1v) is 9.23. The predicted molar refractivity (Wildman–Crippen MR) is 71.4 cm³/mol. The Kier molecular flexibility index (Phi) is 4.89. The van der Waals surface area contributed by atoms with E-state index in [1.165, 1.54) is 0 Å². The van der Waals surface area contributed by atoms with E-state index >= 15 is 0 Å². The highest BCUT2D eigenvalue weighted by Crippen LogP contribution is 2.17. The molecule has 0 atom stereocenters. The Morgan fingerprint density at radius 1 is 1.35 bits per heavy atom. The molecule has 0 aromatic carbocycles. The second kappa shape index (κ2) is 5.89. The van der Waals surface area contributed by atoms with Gasteiger partial charge in [-0.25, -0.2) is 22.0 Å². The van der Waals surface area contributed by atoms with Crippen molar-refractivity contribution in [2.45, 2.75) is 18.2 Å². The molecule has 1 rings (SSSR count). The van der Waals surface area contributed by atoms with Gasteiger partial charge in [-0.05, 0) is 6.42 Å². The summed E-state index contributed by atoms with van der Waals surface area (Å²) in [6.45, 7) is 1.53. The minimum Gasteiger partial charge on any atom is -0.350 e. The summed E-state index contributed by atoms with van der Waals surface area (Å²) in [7, 11) is -7.33. The number of aromatic nitrogens is 2. The van der Waals surface area contributed by atoms with E-state index in [9.17, 15) is 21.6 Å². The molecule has 0 aliphatic rings. The number of sulfone groups is 1. The Balaban J connectivity index is 2.98. The third-order valence-corrected chi connectivity index (χ3v) is 4.36. The Morgan fingerprint density at radius 3 is 2.40 bits per heavy atom. The molecule has 0 bridgehead atoms. The number of hydrogen-bond donors (Lipinski definition) is 3. The van der Waals surface area contributed by atoms with Gasteiger partial charge in [-0.3, -0.25) is 9.89 Å². The number of nitrogens with zero attached hydrogens (tertiary/aromatic N) is 1. The van der Waals surface area contributed by atoms with E-state index < -0.39 is 25.8 Å². The molecule has 0 saturated carbocycles. The molecular formula is C9H16N4O5S2. The number of rotatable bonds is 6. The highest BCUT2D eigenvalue weighted by molar-refractivity contribution is 7.90. The first-order chi connectivity index (χ1) is 9.06. The van der Waals surface area contributed by atoms with Crippen LogP contribution in [0.15, 0.2) is 4.90 Å². The van der Waals surface area contributed by atoms with Crippen LogP contribution in [0.25, 0.3) is 0 Å². The fourth-order valence-corrected chi connectivity index (χ4v) is 2.92. The molecule has 0 radical (unpaired) electrons. The Labute approximate surface area is 116 Å². The molecule has 1 amide bonds. The van der Waals surface area contributed by atoms with Crippen LogP contribution in [-0.4, -0.2) is 51.5 Å². The van der Waals surface area contributed by atoms with Crippen LogP contribution >= 0.6 is 0 Å². The molecular weight excluding hydrogens is 308 g/mol. The van der Waals surface area contributed by atoms with Crippen LogP contribution in [0.5, 0.6) is 0 Å². The molecule has 0 unspecified atom stereocenters. The van der Waals surface area contributed by atoms with Crippen molar-refractivity contribution in [3.8, 4) is 0 Å². The molecule has 20 heavy (non-hydrogen) atoms. The molecule has 1 aromatic heterocycles. The number of aromatic amines is 1. The van der Waals surface area contributed by atoms with Crippen LogP contribution in [0.1, 0.15) is 23.1 Å².